The summed E-state index contributed by atoms with van der Waals surface area (Å²) in [6.45, 7) is 5.72. The lowest BCUT2D eigenvalue weighted by molar-refractivity contribution is 0.288. The van der Waals surface area contributed by atoms with Gasteiger partial charge in [0.25, 0.3) is 5.56 Å². The van der Waals surface area contributed by atoms with Crippen molar-refractivity contribution in [2.45, 2.75) is 19.3 Å². The summed E-state index contributed by atoms with van der Waals surface area (Å²) in [5, 5.41) is 0. The maximum atomic E-state index is 12.1. The molecule has 0 atom stereocenters. The molecule has 0 unspecified atom stereocenters. The second-order valence-electron chi connectivity index (χ2n) is 5.34. The van der Waals surface area contributed by atoms with Gasteiger partial charge in [-0.1, -0.05) is 0 Å². The largest absolute Gasteiger partial charge is 0.351 e. The number of anilines is 1. The maximum Gasteiger partial charge on any atom is 0.293 e. The summed E-state index contributed by atoms with van der Waals surface area (Å²) in [4.78, 5) is 20.9. The van der Waals surface area contributed by atoms with E-state index >= 15 is 0 Å². The second kappa shape index (κ2) is 7.40. The summed E-state index contributed by atoms with van der Waals surface area (Å²) in [7, 11) is 1.77. The minimum absolute atomic E-state index is 0.0101. The van der Waals surface area contributed by atoms with Gasteiger partial charge < -0.3 is 20.1 Å². The fraction of sp³-hybridized carbons (Fsp3) is 0.714. The SMILES string of the molecule is Cn1ccnc(N2CCCN(CCCCN)CC2)c1=O. The first-order valence-electron chi connectivity index (χ1n) is 7.41. The Bertz CT molecular complexity index is 473. The Kier molecular flexibility index (Phi) is 5.55. The monoisotopic (exact) mass is 279 g/mol. The van der Waals surface area contributed by atoms with Crippen LogP contribution in [0.15, 0.2) is 17.2 Å². The molecular weight excluding hydrogens is 254 g/mol. The lowest BCUT2D eigenvalue weighted by Gasteiger charge is -2.22. The van der Waals surface area contributed by atoms with E-state index in [0.717, 1.165) is 58.5 Å². The van der Waals surface area contributed by atoms with Gasteiger partial charge in [-0.25, -0.2) is 4.98 Å². The van der Waals surface area contributed by atoms with Crippen LogP contribution < -0.4 is 16.2 Å². The van der Waals surface area contributed by atoms with Crippen LogP contribution in [0.3, 0.4) is 0 Å². The van der Waals surface area contributed by atoms with Crippen LogP contribution in [0.2, 0.25) is 0 Å². The summed E-state index contributed by atoms with van der Waals surface area (Å²) in [5.41, 5.74) is 5.52. The molecular formula is C14H25N5O. The summed E-state index contributed by atoms with van der Waals surface area (Å²) in [6, 6.07) is 0. The first-order valence-corrected chi connectivity index (χ1v) is 7.41. The van der Waals surface area contributed by atoms with Crippen molar-refractivity contribution in [3.05, 3.63) is 22.7 Å². The Labute approximate surface area is 120 Å². The molecule has 0 bridgehead atoms. The molecule has 1 aliphatic rings. The molecule has 2 rings (SSSR count). The maximum absolute atomic E-state index is 12.1. The van der Waals surface area contributed by atoms with Gasteiger partial charge in [-0.05, 0) is 38.9 Å². The minimum atomic E-state index is -0.0101. The number of nitrogens with two attached hydrogens (primary N) is 1. The van der Waals surface area contributed by atoms with Crippen LogP contribution in [0.5, 0.6) is 0 Å². The zero-order chi connectivity index (χ0) is 14.4. The molecule has 6 heteroatoms. The highest BCUT2D eigenvalue weighted by Gasteiger charge is 2.18. The highest BCUT2D eigenvalue weighted by atomic mass is 16.1. The first-order chi connectivity index (χ1) is 9.72. The van der Waals surface area contributed by atoms with E-state index in [-0.39, 0.29) is 5.56 Å². The van der Waals surface area contributed by atoms with Gasteiger partial charge in [-0.15, -0.1) is 0 Å². The number of nitrogens with zero attached hydrogens (tertiary/aromatic N) is 4. The molecule has 0 spiro atoms. The lowest BCUT2D eigenvalue weighted by atomic mass is 10.3. The summed E-state index contributed by atoms with van der Waals surface area (Å²) in [5.74, 6) is 0.582. The Morgan fingerprint density at radius 3 is 2.90 bits per heavy atom. The van der Waals surface area contributed by atoms with E-state index in [1.807, 2.05) is 0 Å². The molecule has 1 aliphatic heterocycles. The van der Waals surface area contributed by atoms with Crippen molar-refractivity contribution in [2.75, 3.05) is 44.2 Å². The standard InChI is InChI=1S/C14H25N5O/c1-17-10-6-16-13(14(17)20)19-9-4-8-18(11-12-19)7-3-2-5-15/h6,10H,2-5,7-9,11-12,15H2,1H3. The molecule has 1 fully saturated rings. The van der Waals surface area contributed by atoms with Crippen molar-refractivity contribution in [3.63, 3.8) is 0 Å². The molecule has 2 heterocycles. The van der Waals surface area contributed by atoms with Gasteiger partial charge in [0, 0.05) is 39.1 Å². The molecule has 0 amide bonds. The third kappa shape index (κ3) is 3.80. The molecule has 1 aromatic heterocycles. The normalized spacial score (nSPS) is 17.2. The van der Waals surface area contributed by atoms with E-state index in [9.17, 15) is 4.79 Å². The number of unbranched alkanes of at least 4 members (excludes halogenated alkanes) is 1. The van der Waals surface area contributed by atoms with Crippen molar-refractivity contribution in [1.29, 1.82) is 0 Å². The molecule has 1 aromatic rings. The van der Waals surface area contributed by atoms with Gasteiger partial charge in [0.05, 0.1) is 0 Å². The molecule has 0 aliphatic carbocycles. The third-order valence-corrected chi connectivity index (χ3v) is 3.82. The molecule has 0 aromatic carbocycles. The van der Waals surface area contributed by atoms with Gasteiger partial charge in [-0.3, -0.25) is 4.79 Å². The average molecular weight is 279 g/mol. The Balaban J connectivity index is 1.95. The van der Waals surface area contributed by atoms with Crippen LogP contribution >= 0.6 is 0 Å². The summed E-state index contributed by atoms with van der Waals surface area (Å²) in [6.07, 6.45) is 6.70. The predicted octanol–water partition coefficient (Wildman–Crippen LogP) is 0.0313. The number of rotatable bonds is 5. The molecule has 0 saturated carbocycles. The van der Waals surface area contributed by atoms with Gasteiger partial charge in [0.1, 0.15) is 0 Å². The Morgan fingerprint density at radius 2 is 2.10 bits per heavy atom. The first kappa shape index (κ1) is 15.0. The smallest absolute Gasteiger partial charge is 0.293 e. The van der Waals surface area contributed by atoms with Crippen LogP contribution in [-0.2, 0) is 7.05 Å². The zero-order valence-corrected chi connectivity index (χ0v) is 12.3. The van der Waals surface area contributed by atoms with E-state index < -0.39 is 0 Å². The van der Waals surface area contributed by atoms with Crippen LogP contribution in [0, 0.1) is 0 Å². The van der Waals surface area contributed by atoms with Crippen molar-refractivity contribution in [1.82, 2.24) is 14.5 Å². The van der Waals surface area contributed by atoms with Crippen LogP contribution in [0.25, 0.3) is 0 Å². The van der Waals surface area contributed by atoms with Crippen molar-refractivity contribution < 1.29 is 0 Å². The van der Waals surface area contributed by atoms with Crippen LogP contribution in [0.1, 0.15) is 19.3 Å². The highest BCUT2D eigenvalue weighted by molar-refractivity contribution is 5.35. The number of aryl methyl sites for hydroxylation is 1. The summed E-state index contributed by atoms with van der Waals surface area (Å²) >= 11 is 0. The topological polar surface area (TPSA) is 67.4 Å². The third-order valence-electron chi connectivity index (χ3n) is 3.82. The van der Waals surface area contributed by atoms with E-state index in [4.69, 9.17) is 5.73 Å². The highest BCUT2D eigenvalue weighted by Crippen LogP contribution is 2.09. The van der Waals surface area contributed by atoms with Crippen molar-refractivity contribution in [3.8, 4) is 0 Å². The van der Waals surface area contributed by atoms with Crippen LogP contribution in [-0.4, -0.2) is 53.7 Å². The molecule has 20 heavy (non-hydrogen) atoms. The van der Waals surface area contributed by atoms with Gasteiger partial charge in [0.2, 0.25) is 0 Å². The van der Waals surface area contributed by atoms with Crippen molar-refractivity contribution in [2.24, 2.45) is 12.8 Å². The molecule has 1 saturated heterocycles. The van der Waals surface area contributed by atoms with E-state index in [1.165, 1.54) is 0 Å². The van der Waals surface area contributed by atoms with Gasteiger partial charge in [0.15, 0.2) is 5.82 Å². The molecule has 112 valence electrons. The van der Waals surface area contributed by atoms with Crippen LogP contribution in [0.4, 0.5) is 5.82 Å². The quantitative estimate of drug-likeness (QED) is 0.770. The van der Waals surface area contributed by atoms with Crippen molar-refractivity contribution >= 4 is 5.82 Å². The number of hydrogen-bond acceptors (Lipinski definition) is 5. The zero-order valence-electron chi connectivity index (χ0n) is 12.3. The lowest BCUT2D eigenvalue weighted by Crippen LogP contribution is -2.36. The van der Waals surface area contributed by atoms with E-state index in [0.29, 0.717) is 5.82 Å². The van der Waals surface area contributed by atoms with E-state index in [1.54, 1.807) is 24.0 Å². The Morgan fingerprint density at radius 1 is 1.25 bits per heavy atom. The molecule has 2 N–H and O–H groups in total. The fourth-order valence-corrected chi connectivity index (χ4v) is 2.59. The molecule has 0 radical (unpaired) electrons. The fourth-order valence-electron chi connectivity index (χ4n) is 2.59. The predicted molar refractivity (Wildman–Crippen MR) is 81.0 cm³/mol. The summed E-state index contributed by atoms with van der Waals surface area (Å²) < 4.78 is 1.59. The number of aromatic nitrogens is 2. The van der Waals surface area contributed by atoms with Gasteiger partial charge in [-0.2, -0.15) is 0 Å². The van der Waals surface area contributed by atoms with E-state index in [2.05, 4.69) is 14.8 Å². The molecule has 6 nitrogen and oxygen atoms in total. The van der Waals surface area contributed by atoms with Gasteiger partial charge >= 0.3 is 0 Å². The minimum Gasteiger partial charge on any atom is -0.351 e. The average Bonchev–Trinajstić information content (AvgIpc) is 2.68. The second-order valence-corrected chi connectivity index (χ2v) is 5.34. The number of hydrogen-bond donors (Lipinski definition) is 1. The Hall–Kier alpha value is -1.40.